The number of hydrogen-bond donors (Lipinski definition) is 1. The molecule has 1 aromatic heterocycles. The van der Waals surface area contributed by atoms with Gasteiger partial charge in [0.2, 0.25) is 0 Å². The summed E-state index contributed by atoms with van der Waals surface area (Å²) in [6.07, 6.45) is 7.02. The van der Waals surface area contributed by atoms with Gasteiger partial charge in [-0.05, 0) is 49.8 Å². The fourth-order valence-electron chi connectivity index (χ4n) is 2.83. The molecule has 0 radical (unpaired) electrons. The first-order valence-electron chi connectivity index (χ1n) is 8.01. The lowest BCUT2D eigenvalue weighted by atomic mass is 9.85. The molecular formula is C17H29N3. The van der Waals surface area contributed by atoms with Gasteiger partial charge in [-0.1, -0.05) is 20.8 Å². The van der Waals surface area contributed by atoms with Crippen molar-refractivity contribution in [2.45, 2.75) is 53.0 Å². The zero-order valence-electron chi connectivity index (χ0n) is 13.3. The third kappa shape index (κ3) is 4.48. The van der Waals surface area contributed by atoms with E-state index < -0.39 is 0 Å². The van der Waals surface area contributed by atoms with Gasteiger partial charge in [0.25, 0.3) is 0 Å². The van der Waals surface area contributed by atoms with Crippen LogP contribution in [0.15, 0.2) is 18.3 Å². The second-order valence-electron chi connectivity index (χ2n) is 6.69. The van der Waals surface area contributed by atoms with Gasteiger partial charge in [-0.25, -0.2) is 0 Å². The largest absolute Gasteiger partial charge is 0.371 e. The number of hydrogen-bond acceptors (Lipinski definition) is 3. The van der Waals surface area contributed by atoms with E-state index in [1.165, 1.54) is 44.5 Å². The Hall–Kier alpha value is -1.09. The van der Waals surface area contributed by atoms with Crippen LogP contribution < -0.4 is 10.2 Å². The monoisotopic (exact) mass is 275 g/mol. The van der Waals surface area contributed by atoms with E-state index in [-0.39, 0.29) is 0 Å². The second-order valence-corrected chi connectivity index (χ2v) is 6.69. The Morgan fingerprint density at radius 1 is 1.30 bits per heavy atom. The highest BCUT2D eigenvalue weighted by Gasteiger charge is 2.23. The Bertz CT molecular complexity index is 414. The predicted octanol–water partition coefficient (Wildman–Crippen LogP) is 3.60. The number of rotatable bonds is 5. The van der Waals surface area contributed by atoms with Crippen molar-refractivity contribution >= 4 is 5.69 Å². The molecule has 1 N–H and O–H groups in total. The normalized spacial score (nSPS) is 18.9. The average Bonchev–Trinajstić information content (AvgIpc) is 2.60. The van der Waals surface area contributed by atoms with Crippen molar-refractivity contribution in [3.63, 3.8) is 0 Å². The fraction of sp³-hybridized carbons (Fsp3) is 0.706. The highest BCUT2D eigenvalue weighted by Crippen LogP contribution is 2.31. The highest BCUT2D eigenvalue weighted by atomic mass is 15.1. The maximum absolute atomic E-state index is 4.47. The maximum atomic E-state index is 4.47. The number of nitrogens with zero attached hydrogens (tertiary/aromatic N) is 2. The molecule has 1 aromatic rings. The van der Waals surface area contributed by atoms with Crippen molar-refractivity contribution in [1.82, 2.24) is 10.3 Å². The molecule has 0 bridgehead atoms. The number of anilines is 1. The minimum Gasteiger partial charge on any atom is -0.371 e. The summed E-state index contributed by atoms with van der Waals surface area (Å²) in [4.78, 5) is 7.00. The molecule has 0 saturated carbocycles. The van der Waals surface area contributed by atoms with Crippen LogP contribution in [0.5, 0.6) is 0 Å². The molecule has 2 rings (SSSR count). The van der Waals surface area contributed by atoms with Crippen LogP contribution in [0.25, 0.3) is 0 Å². The van der Waals surface area contributed by atoms with Crippen LogP contribution in [-0.4, -0.2) is 24.6 Å². The average molecular weight is 275 g/mol. The number of pyridine rings is 1. The van der Waals surface area contributed by atoms with Crippen molar-refractivity contribution < 1.29 is 0 Å². The molecule has 0 amide bonds. The molecule has 112 valence electrons. The lowest BCUT2D eigenvalue weighted by Crippen LogP contribution is -2.25. The molecule has 0 aromatic carbocycles. The van der Waals surface area contributed by atoms with Gasteiger partial charge in [-0.3, -0.25) is 4.98 Å². The minimum absolute atomic E-state index is 0.493. The van der Waals surface area contributed by atoms with Crippen LogP contribution >= 0.6 is 0 Å². The van der Waals surface area contributed by atoms with Gasteiger partial charge in [0.1, 0.15) is 0 Å². The summed E-state index contributed by atoms with van der Waals surface area (Å²) in [5.74, 6) is 0. The predicted molar refractivity (Wildman–Crippen MR) is 86.1 cm³/mol. The van der Waals surface area contributed by atoms with Gasteiger partial charge < -0.3 is 10.2 Å². The van der Waals surface area contributed by atoms with E-state index in [4.69, 9.17) is 0 Å². The molecular weight excluding hydrogens is 246 g/mol. The first-order valence-corrected chi connectivity index (χ1v) is 8.01. The molecule has 0 unspecified atom stereocenters. The molecule has 0 spiro atoms. The van der Waals surface area contributed by atoms with Gasteiger partial charge >= 0.3 is 0 Å². The third-order valence-corrected chi connectivity index (χ3v) is 4.24. The molecule has 3 heteroatoms. The first kappa shape index (κ1) is 15.3. The number of nitrogens with one attached hydrogen (secondary N) is 1. The van der Waals surface area contributed by atoms with Crippen LogP contribution in [0.3, 0.4) is 0 Å². The zero-order chi connectivity index (χ0) is 14.4. The van der Waals surface area contributed by atoms with E-state index in [2.05, 4.69) is 48.1 Å². The maximum Gasteiger partial charge on any atom is 0.0562 e. The quantitative estimate of drug-likeness (QED) is 0.832. The van der Waals surface area contributed by atoms with Crippen LogP contribution in [0.4, 0.5) is 5.69 Å². The molecule has 2 heterocycles. The van der Waals surface area contributed by atoms with E-state index in [0.717, 1.165) is 18.8 Å². The van der Waals surface area contributed by atoms with E-state index in [1.54, 1.807) is 0 Å². The summed E-state index contributed by atoms with van der Waals surface area (Å²) in [5.41, 5.74) is 2.98. The standard InChI is InChI=1S/C17H29N3/c1-4-9-18-14-15-13-16(6-10-19-15)20-11-5-7-17(2,3)8-12-20/h6,10,13,18H,4-5,7-9,11-12,14H2,1-3H3. The molecule has 1 aliphatic heterocycles. The molecule has 0 atom stereocenters. The Kier molecular flexibility index (Phi) is 5.41. The lowest BCUT2D eigenvalue weighted by molar-refractivity contribution is 0.325. The summed E-state index contributed by atoms with van der Waals surface area (Å²) in [7, 11) is 0. The Morgan fingerprint density at radius 3 is 2.95 bits per heavy atom. The van der Waals surface area contributed by atoms with Gasteiger partial charge in [0.05, 0.1) is 5.69 Å². The van der Waals surface area contributed by atoms with Crippen LogP contribution in [0.2, 0.25) is 0 Å². The lowest BCUT2D eigenvalue weighted by Gasteiger charge is -2.25. The number of aromatic nitrogens is 1. The van der Waals surface area contributed by atoms with Gasteiger partial charge in [0, 0.05) is 31.5 Å². The van der Waals surface area contributed by atoms with Gasteiger partial charge in [-0.2, -0.15) is 0 Å². The molecule has 1 saturated heterocycles. The molecule has 20 heavy (non-hydrogen) atoms. The van der Waals surface area contributed by atoms with Crippen LogP contribution in [0.1, 0.15) is 52.1 Å². The smallest absolute Gasteiger partial charge is 0.0562 e. The fourth-order valence-corrected chi connectivity index (χ4v) is 2.83. The van der Waals surface area contributed by atoms with E-state index in [1.807, 2.05) is 6.20 Å². The SMILES string of the molecule is CCCNCc1cc(N2CCCC(C)(C)CC2)ccn1. The van der Waals surface area contributed by atoms with Crippen molar-refractivity contribution in [2.24, 2.45) is 5.41 Å². The molecule has 1 aliphatic rings. The minimum atomic E-state index is 0.493. The topological polar surface area (TPSA) is 28.2 Å². The zero-order valence-corrected chi connectivity index (χ0v) is 13.3. The van der Waals surface area contributed by atoms with Crippen molar-refractivity contribution in [2.75, 3.05) is 24.5 Å². The van der Waals surface area contributed by atoms with Crippen molar-refractivity contribution in [3.05, 3.63) is 24.0 Å². The summed E-state index contributed by atoms with van der Waals surface area (Å²) >= 11 is 0. The Balaban J connectivity index is 1.99. The van der Waals surface area contributed by atoms with Gasteiger partial charge in [-0.15, -0.1) is 0 Å². The van der Waals surface area contributed by atoms with Crippen molar-refractivity contribution in [3.8, 4) is 0 Å². The van der Waals surface area contributed by atoms with E-state index in [9.17, 15) is 0 Å². The van der Waals surface area contributed by atoms with Crippen molar-refractivity contribution in [1.29, 1.82) is 0 Å². The molecule has 1 fully saturated rings. The first-order chi connectivity index (χ1) is 9.61. The summed E-state index contributed by atoms with van der Waals surface area (Å²) in [6, 6.07) is 4.41. The van der Waals surface area contributed by atoms with E-state index >= 15 is 0 Å². The Morgan fingerprint density at radius 2 is 2.15 bits per heavy atom. The Labute approximate surface area is 123 Å². The molecule has 3 nitrogen and oxygen atoms in total. The third-order valence-electron chi connectivity index (χ3n) is 4.24. The summed E-state index contributed by atoms with van der Waals surface area (Å²) in [5, 5.41) is 3.43. The summed E-state index contributed by atoms with van der Waals surface area (Å²) in [6.45, 7) is 11.3. The second kappa shape index (κ2) is 7.07. The molecule has 0 aliphatic carbocycles. The highest BCUT2D eigenvalue weighted by molar-refractivity contribution is 5.46. The van der Waals surface area contributed by atoms with Crippen LogP contribution in [0, 0.1) is 5.41 Å². The van der Waals surface area contributed by atoms with Crippen LogP contribution in [-0.2, 0) is 6.54 Å². The summed E-state index contributed by atoms with van der Waals surface area (Å²) < 4.78 is 0. The van der Waals surface area contributed by atoms with E-state index in [0.29, 0.717) is 5.41 Å². The van der Waals surface area contributed by atoms with Gasteiger partial charge in [0.15, 0.2) is 0 Å².